The number of benzene rings is 2. The molecule has 0 unspecified atom stereocenters. The van der Waals surface area contributed by atoms with E-state index in [4.69, 9.17) is 9.47 Å². The molecule has 1 heterocycles. The van der Waals surface area contributed by atoms with Crippen molar-refractivity contribution in [2.45, 2.75) is 6.92 Å². The molecule has 0 bridgehead atoms. The third-order valence-corrected chi connectivity index (χ3v) is 3.97. The smallest absolute Gasteiger partial charge is 0.342 e. The van der Waals surface area contributed by atoms with E-state index in [9.17, 15) is 9.59 Å². The predicted octanol–water partition coefficient (Wildman–Crippen LogP) is 3.23. The van der Waals surface area contributed by atoms with Crippen LogP contribution in [0, 0.1) is 6.92 Å². The zero-order valence-electron chi connectivity index (χ0n) is 14.5. The third-order valence-electron chi connectivity index (χ3n) is 3.97. The molecule has 3 rings (SSSR count). The topological polar surface area (TPSA) is 70.4 Å². The SMILES string of the molecule is COc1ccccc1C(=O)COC(=O)c1cnn(-c2ccccc2)c1C. The van der Waals surface area contributed by atoms with Crippen LogP contribution >= 0.6 is 0 Å². The van der Waals surface area contributed by atoms with Crippen LogP contribution in [0.4, 0.5) is 0 Å². The van der Waals surface area contributed by atoms with Gasteiger partial charge in [-0.1, -0.05) is 30.3 Å². The molecule has 0 N–H and O–H groups in total. The van der Waals surface area contributed by atoms with Crippen LogP contribution in [0.5, 0.6) is 5.75 Å². The normalized spacial score (nSPS) is 10.4. The second-order valence-corrected chi connectivity index (χ2v) is 5.59. The molecule has 0 amide bonds. The molecule has 0 aliphatic heterocycles. The second kappa shape index (κ2) is 7.65. The molecule has 2 aromatic carbocycles. The molecule has 3 aromatic rings. The molecule has 0 saturated carbocycles. The van der Waals surface area contributed by atoms with E-state index >= 15 is 0 Å². The van der Waals surface area contributed by atoms with Gasteiger partial charge in [-0.2, -0.15) is 5.10 Å². The minimum atomic E-state index is -0.590. The number of rotatable bonds is 6. The fraction of sp³-hybridized carbons (Fsp3) is 0.150. The Morgan fingerprint density at radius 2 is 1.69 bits per heavy atom. The van der Waals surface area contributed by atoms with E-state index in [2.05, 4.69) is 5.10 Å². The molecule has 6 nitrogen and oxygen atoms in total. The van der Waals surface area contributed by atoms with Gasteiger partial charge in [0, 0.05) is 0 Å². The van der Waals surface area contributed by atoms with Crippen LogP contribution < -0.4 is 4.74 Å². The first kappa shape index (κ1) is 17.4. The number of ether oxygens (including phenoxy) is 2. The minimum absolute atomic E-state index is 0.321. The first-order valence-corrected chi connectivity index (χ1v) is 8.05. The lowest BCUT2D eigenvalue weighted by atomic mass is 10.1. The molecule has 6 heteroatoms. The number of ketones is 1. The monoisotopic (exact) mass is 350 g/mol. The fourth-order valence-corrected chi connectivity index (χ4v) is 2.60. The molecule has 0 atom stereocenters. The summed E-state index contributed by atoms with van der Waals surface area (Å²) in [5.41, 5.74) is 2.18. The van der Waals surface area contributed by atoms with Crippen molar-refractivity contribution >= 4 is 11.8 Å². The molecule has 0 fully saturated rings. The summed E-state index contributed by atoms with van der Waals surface area (Å²) in [5.74, 6) is -0.474. The van der Waals surface area contributed by atoms with Crippen LogP contribution in [0.3, 0.4) is 0 Å². The molecule has 132 valence electrons. The maximum atomic E-state index is 12.3. The number of aromatic nitrogens is 2. The first-order valence-electron chi connectivity index (χ1n) is 8.05. The number of methoxy groups -OCH3 is 1. The lowest BCUT2D eigenvalue weighted by Gasteiger charge is -2.08. The molecular weight excluding hydrogens is 332 g/mol. The number of Topliss-reactive ketones (excluding diaryl/α,β-unsaturated/α-hetero) is 1. The van der Waals surface area contributed by atoms with Crippen molar-refractivity contribution in [1.82, 2.24) is 9.78 Å². The molecular formula is C20H18N2O4. The lowest BCUT2D eigenvalue weighted by Crippen LogP contribution is -2.15. The quantitative estimate of drug-likeness (QED) is 0.504. The van der Waals surface area contributed by atoms with Gasteiger partial charge in [-0.3, -0.25) is 4.79 Å². The molecule has 0 aliphatic carbocycles. The summed E-state index contributed by atoms with van der Waals surface area (Å²) in [6.07, 6.45) is 1.44. The zero-order chi connectivity index (χ0) is 18.5. The van der Waals surface area contributed by atoms with E-state index < -0.39 is 5.97 Å². The van der Waals surface area contributed by atoms with Crippen LogP contribution in [0.25, 0.3) is 5.69 Å². The number of para-hydroxylation sites is 2. The zero-order valence-corrected chi connectivity index (χ0v) is 14.5. The van der Waals surface area contributed by atoms with Crippen molar-refractivity contribution in [3.05, 3.63) is 77.6 Å². The fourth-order valence-electron chi connectivity index (χ4n) is 2.60. The summed E-state index contributed by atoms with van der Waals surface area (Å²) < 4.78 is 12.0. The Labute approximate surface area is 151 Å². The van der Waals surface area contributed by atoms with Crippen molar-refractivity contribution in [2.75, 3.05) is 13.7 Å². The van der Waals surface area contributed by atoms with Crippen LogP contribution in [0.15, 0.2) is 60.8 Å². The largest absolute Gasteiger partial charge is 0.496 e. The maximum absolute atomic E-state index is 12.3. The Bertz CT molecular complexity index is 932. The summed E-state index contributed by atoms with van der Waals surface area (Å²) in [6, 6.07) is 16.3. The number of nitrogens with zero attached hydrogens (tertiary/aromatic N) is 2. The Hall–Kier alpha value is -3.41. The van der Waals surface area contributed by atoms with Crippen molar-refractivity contribution < 1.29 is 19.1 Å². The molecule has 26 heavy (non-hydrogen) atoms. The average Bonchev–Trinajstić information content (AvgIpc) is 3.08. The van der Waals surface area contributed by atoms with Crippen LogP contribution in [0.2, 0.25) is 0 Å². The summed E-state index contributed by atoms with van der Waals surface area (Å²) in [5, 5.41) is 4.23. The Balaban J connectivity index is 1.71. The molecule has 1 aromatic heterocycles. The van der Waals surface area contributed by atoms with Crippen LogP contribution in [-0.2, 0) is 4.74 Å². The Morgan fingerprint density at radius 1 is 1.00 bits per heavy atom. The third kappa shape index (κ3) is 3.49. The van der Waals surface area contributed by atoms with Crippen molar-refractivity contribution in [2.24, 2.45) is 0 Å². The van der Waals surface area contributed by atoms with Gasteiger partial charge < -0.3 is 9.47 Å². The van der Waals surface area contributed by atoms with Crippen molar-refractivity contribution in [1.29, 1.82) is 0 Å². The summed E-state index contributed by atoms with van der Waals surface area (Å²) in [4.78, 5) is 24.6. The van der Waals surface area contributed by atoms with Gasteiger partial charge >= 0.3 is 5.97 Å². The Morgan fingerprint density at radius 3 is 2.42 bits per heavy atom. The molecule has 0 radical (unpaired) electrons. The van der Waals surface area contributed by atoms with Crippen molar-refractivity contribution in [3.63, 3.8) is 0 Å². The first-order chi connectivity index (χ1) is 12.6. The molecule has 0 spiro atoms. The maximum Gasteiger partial charge on any atom is 0.342 e. The highest BCUT2D eigenvalue weighted by Crippen LogP contribution is 2.19. The number of carbonyl (C=O) groups is 2. The van der Waals surface area contributed by atoms with Gasteiger partial charge in [0.05, 0.1) is 30.3 Å². The molecule has 0 saturated heterocycles. The van der Waals surface area contributed by atoms with E-state index in [0.717, 1.165) is 5.69 Å². The Kier molecular flexibility index (Phi) is 5.12. The van der Waals surface area contributed by atoms with E-state index in [-0.39, 0.29) is 12.4 Å². The summed E-state index contributed by atoms with van der Waals surface area (Å²) >= 11 is 0. The summed E-state index contributed by atoms with van der Waals surface area (Å²) in [6.45, 7) is 1.41. The van der Waals surface area contributed by atoms with Crippen molar-refractivity contribution in [3.8, 4) is 11.4 Å². The minimum Gasteiger partial charge on any atom is -0.496 e. The van der Waals surface area contributed by atoms with Crippen LogP contribution in [-0.4, -0.2) is 35.2 Å². The highest BCUT2D eigenvalue weighted by atomic mass is 16.5. The van der Waals surface area contributed by atoms with Gasteiger partial charge in [0.1, 0.15) is 11.3 Å². The number of carbonyl (C=O) groups excluding carboxylic acids is 2. The van der Waals surface area contributed by atoms with Gasteiger partial charge in [0.15, 0.2) is 6.61 Å². The number of esters is 1. The standard InChI is InChI=1S/C20H18N2O4/c1-14-17(12-21-22(14)15-8-4-3-5-9-15)20(24)26-13-18(23)16-10-6-7-11-19(16)25-2/h3-12H,13H2,1-2H3. The highest BCUT2D eigenvalue weighted by Gasteiger charge is 2.19. The predicted molar refractivity (Wildman–Crippen MR) is 95.9 cm³/mol. The van der Waals surface area contributed by atoms with Crippen LogP contribution in [0.1, 0.15) is 26.4 Å². The second-order valence-electron chi connectivity index (χ2n) is 5.59. The van der Waals surface area contributed by atoms with Gasteiger partial charge in [-0.25, -0.2) is 9.48 Å². The van der Waals surface area contributed by atoms with Gasteiger partial charge in [0.25, 0.3) is 0 Å². The lowest BCUT2D eigenvalue weighted by molar-refractivity contribution is 0.0473. The summed E-state index contributed by atoms with van der Waals surface area (Å²) in [7, 11) is 1.49. The van der Waals surface area contributed by atoms with Gasteiger partial charge in [0.2, 0.25) is 5.78 Å². The van der Waals surface area contributed by atoms with E-state index in [1.54, 1.807) is 35.9 Å². The molecule has 0 aliphatic rings. The number of hydrogen-bond donors (Lipinski definition) is 0. The highest BCUT2D eigenvalue weighted by molar-refractivity contribution is 6.01. The van der Waals surface area contributed by atoms with E-state index in [1.807, 2.05) is 30.3 Å². The van der Waals surface area contributed by atoms with Gasteiger partial charge in [-0.15, -0.1) is 0 Å². The number of hydrogen-bond acceptors (Lipinski definition) is 5. The van der Waals surface area contributed by atoms with E-state index in [0.29, 0.717) is 22.6 Å². The van der Waals surface area contributed by atoms with Gasteiger partial charge in [-0.05, 0) is 31.2 Å². The van der Waals surface area contributed by atoms with E-state index in [1.165, 1.54) is 13.3 Å². The average molecular weight is 350 g/mol.